The van der Waals surface area contributed by atoms with Gasteiger partial charge in [0.15, 0.2) is 5.78 Å². The molecule has 0 bridgehead atoms. The number of amides is 1. The number of primary sulfonamides is 1. The number of hydrogen-bond acceptors (Lipinski definition) is 5. The molecule has 1 heterocycles. The van der Waals surface area contributed by atoms with E-state index in [2.05, 4.69) is 26.3 Å². The third-order valence-electron chi connectivity index (χ3n) is 5.09. The Morgan fingerprint density at radius 3 is 2.57 bits per heavy atom. The summed E-state index contributed by atoms with van der Waals surface area (Å²) >= 11 is 3.48. The molecule has 10 heteroatoms. The van der Waals surface area contributed by atoms with Crippen LogP contribution in [0.15, 0.2) is 35.0 Å². The van der Waals surface area contributed by atoms with Crippen molar-refractivity contribution in [2.75, 3.05) is 5.32 Å². The number of sulfonamides is 1. The molecule has 0 aliphatic heterocycles. The maximum absolute atomic E-state index is 13.0. The average molecular weight is 471 g/mol. The molecule has 1 unspecified atom stereocenters. The third kappa shape index (κ3) is 4.61. The minimum atomic E-state index is -4.08. The summed E-state index contributed by atoms with van der Waals surface area (Å²) in [5.41, 5.74) is 0.665. The van der Waals surface area contributed by atoms with Gasteiger partial charge in [0.25, 0.3) is 10.0 Å². The van der Waals surface area contributed by atoms with Crippen LogP contribution in [0.25, 0.3) is 0 Å². The van der Waals surface area contributed by atoms with E-state index in [-0.39, 0.29) is 27.2 Å². The fourth-order valence-corrected chi connectivity index (χ4v) is 4.73. The number of nitrogens with one attached hydrogen (secondary N) is 1. The zero-order valence-electron chi connectivity index (χ0n) is 15.5. The number of ketones is 1. The molecule has 3 N–H and O–H groups in total. The molecule has 0 spiro atoms. The number of carbonyl (C=O) groups excluding carboxylic acids is 2. The summed E-state index contributed by atoms with van der Waals surface area (Å²) in [5.74, 6) is -1.36. The first kappa shape index (κ1) is 20.9. The fraction of sp³-hybridized carbons (Fsp3) is 0.500. The quantitative estimate of drug-likeness (QED) is 0.636. The molecule has 8 nitrogen and oxygen atoms in total. The smallest absolute Gasteiger partial charge is 0.259 e. The Morgan fingerprint density at radius 2 is 1.96 bits per heavy atom. The van der Waals surface area contributed by atoms with Crippen LogP contribution in [0.5, 0.6) is 0 Å². The second kappa shape index (κ2) is 8.30. The molecule has 152 valence electrons. The molecule has 1 saturated carbocycles. The van der Waals surface area contributed by atoms with Crippen LogP contribution in [-0.4, -0.2) is 34.7 Å². The zero-order valence-corrected chi connectivity index (χ0v) is 17.9. The van der Waals surface area contributed by atoms with Gasteiger partial charge in [0.1, 0.15) is 5.69 Å². The Bertz CT molecular complexity index is 951. The predicted molar refractivity (Wildman–Crippen MR) is 108 cm³/mol. The lowest BCUT2D eigenvalue weighted by Gasteiger charge is -2.30. The first-order valence-corrected chi connectivity index (χ1v) is 11.6. The number of anilines is 1. The van der Waals surface area contributed by atoms with Gasteiger partial charge in [-0.2, -0.15) is 5.10 Å². The van der Waals surface area contributed by atoms with Gasteiger partial charge in [0, 0.05) is 35.5 Å². The molecule has 0 aromatic carbocycles. The van der Waals surface area contributed by atoms with E-state index < -0.39 is 21.9 Å². The predicted octanol–water partition coefficient (Wildman–Crippen LogP) is 2.03. The molecular weight excluding hydrogens is 448 g/mol. The Morgan fingerprint density at radius 1 is 1.29 bits per heavy atom. The van der Waals surface area contributed by atoms with Crippen LogP contribution in [0.2, 0.25) is 0 Å². The second-order valence-electron chi connectivity index (χ2n) is 7.19. The average Bonchev–Trinajstić information content (AvgIpc) is 3.02. The van der Waals surface area contributed by atoms with Crippen molar-refractivity contribution < 1.29 is 18.0 Å². The molecule has 0 saturated heterocycles. The van der Waals surface area contributed by atoms with E-state index in [1.807, 2.05) is 12.2 Å². The van der Waals surface area contributed by atoms with Crippen LogP contribution in [0.3, 0.4) is 0 Å². The highest BCUT2D eigenvalue weighted by Gasteiger charge is 2.37. The Balaban J connectivity index is 1.80. The number of carbonyl (C=O) groups is 2. The van der Waals surface area contributed by atoms with Crippen molar-refractivity contribution in [3.8, 4) is 0 Å². The van der Waals surface area contributed by atoms with Gasteiger partial charge in [-0.3, -0.25) is 14.3 Å². The van der Waals surface area contributed by atoms with Crippen LogP contribution < -0.4 is 10.5 Å². The lowest BCUT2D eigenvalue weighted by atomic mass is 9.74. The lowest BCUT2D eigenvalue weighted by molar-refractivity contribution is -0.130. The molecule has 1 aromatic heterocycles. The SMILES string of the molecule is Cn1cc(NC(=O)[C@@H]2CCCC[C@H]2C(=O)C2=CCC(Br)C=C2)c(S(N)(=O)=O)n1. The molecule has 2 aliphatic rings. The normalized spacial score (nSPS) is 25.2. The highest BCUT2D eigenvalue weighted by Crippen LogP contribution is 2.35. The van der Waals surface area contributed by atoms with Crippen molar-refractivity contribution in [2.45, 2.75) is 42.0 Å². The molecule has 0 radical (unpaired) electrons. The lowest BCUT2D eigenvalue weighted by Crippen LogP contribution is -2.37. The Kier molecular flexibility index (Phi) is 6.21. The van der Waals surface area contributed by atoms with E-state index in [0.717, 1.165) is 19.3 Å². The summed E-state index contributed by atoms with van der Waals surface area (Å²) in [4.78, 5) is 26.2. The number of aryl methyl sites for hydroxylation is 1. The first-order chi connectivity index (χ1) is 13.2. The molecule has 28 heavy (non-hydrogen) atoms. The van der Waals surface area contributed by atoms with E-state index in [0.29, 0.717) is 18.4 Å². The van der Waals surface area contributed by atoms with Gasteiger partial charge in [0.05, 0.1) is 0 Å². The third-order valence-corrected chi connectivity index (χ3v) is 6.61. The summed E-state index contributed by atoms with van der Waals surface area (Å²) in [6.45, 7) is 0. The topological polar surface area (TPSA) is 124 Å². The summed E-state index contributed by atoms with van der Waals surface area (Å²) in [6, 6.07) is 0. The van der Waals surface area contributed by atoms with E-state index in [4.69, 9.17) is 5.14 Å². The molecular formula is C18H23BrN4O4S. The monoisotopic (exact) mass is 470 g/mol. The molecule has 1 fully saturated rings. The molecule has 3 rings (SSSR count). The van der Waals surface area contributed by atoms with Crippen molar-refractivity contribution >= 4 is 43.3 Å². The number of halogens is 1. The Labute approximate surface area is 172 Å². The van der Waals surface area contributed by atoms with Gasteiger partial charge in [0.2, 0.25) is 10.9 Å². The van der Waals surface area contributed by atoms with Crippen LogP contribution in [0.1, 0.15) is 32.1 Å². The number of rotatable bonds is 5. The number of hydrogen-bond donors (Lipinski definition) is 2. The largest absolute Gasteiger partial charge is 0.322 e. The van der Waals surface area contributed by atoms with Gasteiger partial charge in [-0.15, -0.1) is 0 Å². The van der Waals surface area contributed by atoms with Crippen LogP contribution in [0, 0.1) is 11.8 Å². The number of nitrogens with zero attached hydrogens (tertiary/aromatic N) is 2. The van der Waals surface area contributed by atoms with E-state index in [9.17, 15) is 18.0 Å². The Hall–Kier alpha value is -1.78. The van der Waals surface area contributed by atoms with Gasteiger partial charge < -0.3 is 5.32 Å². The van der Waals surface area contributed by atoms with Gasteiger partial charge >= 0.3 is 0 Å². The van der Waals surface area contributed by atoms with Crippen LogP contribution >= 0.6 is 15.9 Å². The molecule has 1 aromatic rings. The van der Waals surface area contributed by atoms with Crippen molar-refractivity contribution in [3.63, 3.8) is 0 Å². The van der Waals surface area contributed by atoms with Gasteiger partial charge in [-0.1, -0.05) is 47.0 Å². The fourth-order valence-electron chi connectivity index (χ4n) is 3.74. The van der Waals surface area contributed by atoms with E-state index in [1.165, 1.54) is 17.9 Å². The number of allylic oxidation sites excluding steroid dienone is 4. The maximum atomic E-state index is 13.0. The van der Waals surface area contributed by atoms with Gasteiger partial charge in [-0.05, 0) is 19.3 Å². The number of Topliss-reactive ketones (excluding diaryl/α,β-unsaturated/α-hetero) is 1. The second-order valence-corrected chi connectivity index (χ2v) is 9.84. The molecule has 1 amide bonds. The first-order valence-electron chi connectivity index (χ1n) is 9.11. The van der Waals surface area contributed by atoms with Crippen LogP contribution in [-0.2, 0) is 26.7 Å². The van der Waals surface area contributed by atoms with Crippen molar-refractivity contribution in [3.05, 3.63) is 30.0 Å². The molecule has 3 atom stereocenters. The van der Waals surface area contributed by atoms with Gasteiger partial charge in [-0.25, -0.2) is 13.6 Å². The highest BCUT2D eigenvalue weighted by atomic mass is 79.9. The van der Waals surface area contributed by atoms with Crippen molar-refractivity contribution in [2.24, 2.45) is 24.0 Å². The summed E-state index contributed by atoms with van der Waals surface area (Å²) in [7, 11) is -2.54. The van der Waals surface area contributed by atoms with Crippen molar-refractivity contribution in [1.29, 1.82) is 0 Å². The van der Waals surface area contributed by atoms with Crippen molar-refractivity contribution in [1.82, 2.24) is 9.78 Å². The van der Waals surface area contributed by atoms with Crippen LogP contribution in [0.4, 0.5) is 5.69 Å². The van der Waals surface area contributed by atoms with E-state index >= 15 is 0 Å². The highest BCUT2D eigenvalue weighted by molar-refractivity contribution is 9.09. The zero-order chi connectivity index (χ0) is 20.5. The number of aromatic nitrogens is 2. The summed E-state index contributed by atoms with van der Waals surface area (Å²) in [6.07, 6.45) is 10.7. The minimum Gasteiger partial charge on any atom is -0.322 e. The van der Waals surface area contributed by atoms with E-state index in [1.54, 1.807) is 6.08 Å². The number of alkyl halides is 1. The summed E-state index contributed by atoms with van der Waals surface area (Å²) in [5, 5.41) is 11.2. The minimum absolute atomic E-state index is 0.0330. The standard InChI is InChI=1S/C18H23BrN4O4S/c1-23-10-15(18(22-23)28(20,26)27)21-17(25)14-5-3-2-4-13(14)16(24)11-6-8-12(19)9-7-11/h6-8,10,12-14H,2-5,9H2,1H3,(H,21,25)(H2,20,26,27)/t12?,13-,14-/m1/s1. The molecule has 2 aliphatic carbocycles. The maximum Gasteiger partial charge on any atom is 0.259 e. The summed E-state index contributed by atoms with van der Waals surface area (Å²) < 4.78 is 24.7. The number of nitrogens with two attached hydrogens (primary N) is 1.